The molecule has 222 valence electrons. The van der Waals surface area contributed by atoms with E-state index >= 15 is 0 Å². The van der Waals surface area contributed by atoms with Crippen LogP contribution in [-0.2, 0) is 28.9 Å². The summed E-state index contributed by atoms with van der Waals surface area (Å²) in [5, 5.41) is 13.8. The van der Waals surface area contributed by atoms with Crippen LogP contribution in [0.3, 0.4) is 0 Å². The van der Waals surface area contributed by atoms with Crippen LogP contribution in [0.1, 0.15) is 69.0 Å². The third-order valence-corrected chi connectivity index (χ3v) is 12.4. The summed E-state index contributed by atoms with van der Waals surface area (Å²) in [6.45, 7) is 5.10. The van der Waals surface area contributed by atoms with Crippen molar-refractivity contribution >= 4 is 29.3 Å². The molecule has 9 atom stereocenters. The third kappa shape index (κ3) is 5.75. The number of thioether (sulfide) groups is 1. The number of carbonyl (C=O) groups is 1. The molecule has 1 aromatic heterocycles. The highest BCUT2D eigenvalue weighted by molar-refractivity contribution is 8.00. The zero-order valence-electron chi connectivity index (χ0n) is 24.1. The number of aliphatic carboxylic acids is 1. The summed E-state index contributed by atoms with van der Waals surface area (Å²) in [5.41, 5.74) is 2.00. The van der Waals surface area contributed by atoms with E-state index in [1.165, 1.54) is 12.8 Å². The molecule has 1 aromatic rings. The Morgan fingerprint density at radius 2 is 2.00 bits per heavy atom. The van der Waals surface area contributed by atoms with Crippen LogP contribution in [0.4, 0.5) is 0 Å². The Morgan fingerprint density at radius 1 is 1.20 bits per heavy atom. The minimum Gasteiger partial charge on any atom is -0.481 e. The number of aryl methyl sites for hydroxylation is 2. The van der Waals surface area contributed by atoms with Gasteiger partial charge in [-0.25, -0.2) is 4.98 Å². The zero-order chi connectivity index (χ0) is 28.1. The lowest BCUT2D eigenvalue weighted by Gasteiger charge is -2.47. The molecular weight excluding hydrogens is 548 g/mol. The van der Waals surface area contributed by atoms with Crippen molar-refractivity contribution in [3.8, 4) is 0 Å². The maximum Gasteiger partial charge on any atom is 0.308 e. The first-order valence-corrected chi connectivity index (χ1v) is 16.9. The number of nitrogens with zero attached hydrogens (tertiary/aromatic N) is 3. The summed E-state index contributed by atoms with van der Waals surface area (Å²) < 4.78 is 8.44. The molecule has 2 saturated heterocycles. The Morgan fingerprint density at radius 3 is 2.75 bits per heavy atom. The van der Waals surface area contributed by atoms with Crippen LogP contribution in [0.2, 0.25) is 0 Å². The molecule has 10 heteroatoms. The maximum absolute atomic E-state index is 13.6. The van der Waals surface area contributed by atoms with Crippen LogP contribution in [0.25, 0.3) is 0 Å². The Bertz CT molecular complexity index is 1160. The lowest BCUT2D eigenvalue weighted by Crippen LogP contribution is -2.57. The average molecular weight is 593 g/mol. The molecule has 2 saturated carbocycles. The Labute approximate surface area is 247 Å². The standard InChI is InChI=1S/C30H45ClN4O4S/c1-16-12-22(28-27(32-16)24(15-40-28)30(37)38)21-13-18(31)4-9-26(21)39-11-10-35-17(2)33-25-8-7-20(14-23(25)29(35)36)34(3)19-5-6-19/h16,18-22,24,26-28,32H,4-15H2,1-3H3,(H,37,38)/t16?,18?,20-,21?,22?,24?,26?,27?,28?/m1/s1. The van der Waals surface area contributed by atoms with Gasteiger partial charge in [-0.1, -0.05) is 0 Å². The van der Waals surface area contributed by atoms with Crippen molar-refractivity contribution in [1.82, 2.24) is 19.8 Å². The molecule has 4 fully saturated rings. The van der Waals surface area contributed by atoms with Crippen LogP contribution >= 0.6 is 23.4 Å². The molecule has 3 heterocycles. The van der Waals surface area contributed by atoms with Crippen LogP contribution < -0.4 is 10.9 Å². The van der Waals surface area contributed by atoms with E-state index in [1.54, 1.807) is 0 Å². The van der Waals surface area contributed by atoms with Gasteiger partial charge in [0.1, 0.15) is 5.82 Å². The molecule has 0 amide bonds. The van der Waals surface area contributed by atoms with Crippen molar-refractivity contribution < 1.29 is 14.6 Å². The van der Waals surface area contributed by atoms with Crippen LogP contribution in [0.15, 0.2) is 4.79 Å². The lowest BCUT2D eigenvalue weighted by molar-refractivity contribution is -0.142. The number of carboxylic acid groups (broad SMARTS) is 1. The number of hydrogen-bond donors (Lipinski definition) is 2. The predicted molar refractivity (Wildman–Crippen MR) is 158 cm³/mol. The lowest BCUT2D eigenvalue weighted by atomic mass is 9.70. The smallest absolute Gasteiger partial charge is 0.308 e. The van der Waals surface area contributed by atoms with Crippen molar-refractivity contribution in [3.63, 3.8) is 0 Å². The highest BCUT2D eigenvalue weighted by Crippen LogP contribution is 2.48. The number of aromatic nitrogens is 2. The fraction of sp³-hybridized carbons (Fsp3) is 0.833. The first kappa shape index (κ1) is 29.0. The molecule has 8 unspecified atom stereocenters. The summed E-state index contributed by atoms with van der Waals surface area (Å²) in [6.07, 6.45) is 9.13. The van der Waals surface area contributed by atoms with E-state index in [-0.39, 0.29) is 40.3 Å². The topological polar surface area (TPSA) is 96.7 Å². The van der Waals surface area contributed by atoms with Crippen LogP contribution in [-0.4, -0.2) is 85.8 Å². The summed E-state index contributed by atoms with van der Waals surface area (Å²) in [4.78, 5) is 32.9. The molecule has 2 aliphatic heterocycles. The summed E-state index contributed by atoms with van der Waals surface area (Å²) in [7, 11) is 2.21. The van der Waals surface area contributed by atoms with E-state index in [4.69, 9.17) is 21.3 Å². The highest BCUT2D eigenvalue weighted by atomic mass is 35.5. The van der Waals surface area contributed by atoms with Gasteiger partial charge in [-0.15, -0.1) is 11.6 Å². The van der Waals surface area contributed by atoms with Gasteiger partial charge < -0.3 is 20.1 Å². The molecule has 0 spiro atoms. The van der Waals surface area contributed by atoms with Crippen LogP contribution in [0, 0.1) is 24.7 Å². The highest BCUT2D eigenvalue weighted by Gasteiger charge is 2.51. The Hall–Kier alpha value is -1.13. The number of halogens is 1. The van der Waals surface area contributed by atoms with Gasteiger partial charge in [0.15, 0.2) is 0 Å². The van der Waals surface area contributed by atoms with Gasteiger partial charge >= 0.3 is 5.97 Å². The number of piperidine rings is 1. The van der Waals surface area contributed by atoms with Gasteiger partial charge in [-0.05, 0) is 90.5 Å². The number of hydrogen-bond acceptors (Lipinski definition) is 7. The number of rotatable bonds is 8. The zero-order valence-corrected chi connectivity index (χ0v) is 25.6. The predicted octanol–water partition coefficient (Wildman–Crippen LogP) is 3.48. The number of nitrogens with one attached hydrogen (secondary N) is 1. The Kier molecular flexibility index (Phi) is 8.59. The molecule has 40 heavy (non-hydrogen) atoms. The second kappa shape index (κ2) is 11.9. The van der Waals surface area contributed by atoms with E-state index in [0.717, 1.165) is 62.0 Å². The van der Waals surface area contributed by atoms with Gasteiger partial charge in [0.05, 0.1) is 30.9 Å². The number of ether oxygens (including phenoxy) is 1. The largest absolute Gasteiger partial charge is 0.481 e. The normalized spacial score (nSPS) is 37.8. The van der Waals surface area contributed by atoms with Crippen molar-refractivity contribution in [2.45, 2.75) is 119 Å². The van der Waals surface area contributed by atoms with Gasteiger partial charge in [0.2, 0.25) is 0 Å². The van der Waals surface area contributed by atoms with Crippen molar-refractivity contribution in [2.75, 3.05) is 19.4 Å². The summed E-state index contributed by atoms with van der Waals surface area (Å²) in [5.74, 6) is 1.07. The first-order chi connectivity index (χ1) is 19.2. The molecule has 5 aliphatic rings. The molecular formula is C30H45ClN4O4S. The summed E-state index contributed by atoms with van der Waals surface area (Å²) >= 11 is 8.54. The van der Waals surface area contributed by atoms with Crippen LogP contribution in [0.5, 0.6) is 0 Å². The first-order valence-electron chi connectivity index (χ1n) is 15.4. The van der Waals surface area contributed by atoms with Crippen molar-refractivity contribution in [1.29, 1.82) is 0 Å². The number of carboxylic acids is 1. The quantitative estimate of drug-likeness (QED) is 0.443. The fourth-order valence-electron chi connectivity index (χ4n) is 8.11. The van der Waals surface area contributed by atoms with Gasteiger partial charge in [0, 0.05) is 46.1 Å². The number of fused-ring (bicyclic) bond motifs is 2. The average Bonchev–Trinajstić information content (AvgIpc) is 3.69. The monoisotopic (exact) mass is 592 g/mol. The number of likely N-dealkylation sites (N-methyl/N-ethyl adjacent to an activating group) is 1. The van der Waals surface area contributed by atoms with E-state index in [1.807, 2.05) is 23.3 Å². The van der Waals surface area contributed by atoms with E-state index < -0.39 is 5.97 Å². The van der Waals surface area contributed by atoms with E-state index in [9.17, 15) is 14.7 Å². The maximum atomic E-state index is 13.6. The molecule has 2 N–H and O–H groups in total. The van der Waals surface area contributed by atoms with E-state index in [2.05, 4.69) is 24.2 Å². The molecule has 0 radical (unpaired) electrons. The minimum atomic E-state index is -0.697. The second-order valence-electron chi connectivity index (χ2n) is 13.1. The van der Waals surface area contributed by atoms with E-state index in [0.29, 0.717) is 42.8 Å². The number of alkyl halides is 1. The van der Waals surface area contributed by atoms with Crippen molar-refractivity contribution in [3.05, 3.63) is 27.4 Å². The molecule has 0 bridgehead atoms. The van der Waals surface area contributed by atoms with Gasteiger partial charge in [-0.2, -0.15) is 11.8 Å². The summed E-state index contributed by atoms with van der Waals surface area (Å²) in [6, 6.07) is 1.39. The fourth-order valence-corrected chi connectivity index (χ4v) is 10.3. The third-order valence-electron chi connectivity index (χ3n) is 10.5. The molecule has 6 rings (SSSR count). The van der Waals surface area contributed by atoms with Gasteiger partial charge in [-0.3, -0.25) is 14.2 Å². The van der Waals surface area contributed by atoms with Crippen molar-refractivity contribution in [2.24, 2.45) is 17.8 Å². The molecule has 0 aromatic carbocycles. The second-order valence-corrected chi connectivity index (χ2v) is 14.9. The SMILES string of the molecule is Cc1nc2c(c(=O)n1CCOC1CCC(Cl)CC1C1CC(C)NC3C(C(=O)O)CSC13)C[C@H](N(C)C1CC1)CC2. The molecule has 3 aliphatic carbocycles. The van der Waals surface area contributed by atoms with Gasteiger partial charge in [0.25, 0.3) is 5.56 Å². The minimum absolute atomic E-state index is 0.00168. The Balaban J connectivity index is 1.14. The molecule has 8 nitrogen and oxygen atoms in total.